The van der Waals surface area contributed by atoms with E-state index in [-0.39, 0.29) is 43.3 Å². The third kappa shape index (κ3) is 17.0. The Bertz CT molecular complexity index is 2170. The van der Waals surface area contributed by atoms with Gasteiger partial charge in [0.25, 0.3) is 12.3 Å². The number of rotatable bonds is 15. The van der Waals surface area contributed by atoms with E-state index in [0.717, 1.165) is 28.9 Å². The molecule has 14 N–H and O–H groups in total. The minimum atomic E-state index is -2.16. The number of nitrogens with one attached hydrogen (secondary N) is 6. The number of fused-ring (bicyclic) bond motifs is 2. The van der Waals surface area contributed by atoms with E-state index in [9.17, 15) is 74.1 Å². The number of aliphatic hydroxyl groups is 6. The fourth-order valence-electron chi connectivity index (χ4n) is 8.22. The van der Waals surface area contributed by atoms with Gasteiger partial charge in [0, 0.05) is 51.4 Å². The van der Waals surface area contributed by atoms with E-state index in [1.807, 2.05) is 0 Å². The number of benzene rings is 1. The Labute approximate surface area is 428 Å². The Hall–Kier alpha value is -6.09. The standard InChI is InChI=1S/C44H66N8O21S/c1-7-12-69-42(66)45-11-10-28(57)33-41(65)52-18-20(2)35(59)34(52)39(63)46-17-23(54)15-25(47-43(67)70-44(4,5)6)36(60)48-31(21(3)53)40(64)51-19-24(55)16-26(51)37(61)49-32(38(62)50-33)29(58)13-22-8-9-27(56)30(14-22)71-74-73-72-68/h7-9,14,20-21,23-26,28-29,31-35,53-59,68H,1,10-13,15-19H2,2-6H3,(H,45,66)(H,46,63)(H,47,67)(H,48,60)(H,49,61)(H,50,62)/t20-,21+,23+,24+,25+,26-,28+,29+,31-,32-,33-,34-,35-/m0/s1. The number of hydrogen-bond acceptors (Lipinski definition) is 22. The van der Waals surface area contributed by atoms with Gasteiger partial charge >= 0.3 is 12.2 Å². The number of phenolic OH excluding ortho intramolecular Hbond substituents is 1. The molecule has 3 saturated heterocycles. The Balaban J connectivity index is 1.85. The highest BCUT2D eigenvalue weighted by atomic mass is 32.2. The molecule has 1 aromatic carbocycles. The zero-order valence-electron chi connectivity index (χ0n) is 41.1. The second-order valence-electron chi connectivity index (χ2n) is 18.9. The number of nitrogens with zero attached hydrogens (tertiary/aromatic N) is 2. The van der Waals surface area contributed by atoms with Crippen molar-refractivity contribution < 1.29 is 102 Å². The van der Waals surface area contributed by atoms with Crippen LogP contribution in [0.3, 0.4) is 0 Å². The summed E-state index contributed by atoms with van der Waals surface area (Å²) < 4.78 is 19.4. The number of aliphatic hydroxyl groups excluding tert-OH is 6. The first-order chi connectivity index (χ1) is 34.8. The van der Waals surface area contributed by atoms with E-state index in [2.05, 4.69) is 47.9 Å². The minimum absolute atomic E-state index is 0.0627. The fraction of sp³-hybridized carbons (Fsp3) is 0.636. The van der Waals surface area contributed by atoms with Gasteiger partial charge in [0.15, 0.2) is 11.5 Å². The van der Waals surface area contributed by atoms with Crippen molar-refractivity contribution in [2.75, 3.05) is 32.8 Å². The second-order valence-corrected chi connectivity index (χ2v) is 19.3. The Morgan fingerprint density at radius 2 is 1.54 bits per heavy atom. The Morgan fingerprint density at radius 1 is 0.878 bits per heavy atom. The molecular formula is C44H66N8O21S. The number of phenols is 1. The van der Waals surface area contributed by atoms with Gasteiger partial charge in [0.05, 0.1) is 36.6 Å². The first-order valence-corrected chi connectivity index (χ1v) is 24.0. The minimum Gasteiger partial charge on any atom is -0.504 e. The molecule has 0 spiro atoms. The summed E-state index contributed by atoms with van der Waals surface area (Å²) in [6.07, 6.45) is -13.5. The van der Waals surface area contributed by atoms with E-state index < -0.39 is 177 Å². The summed E-state index contributed by atoms with van der Waals surface area (Å²) in [4.78, 5) is 113. The summed E-state index contributed by atoms with van der Waals surface area (Å²) in [5.74, 6) is -8.81. The number of amides is 8. The molecule has 3 fully saturated rings. The van der Waals surface area contributed by atoms with Gasteiger partial charge in [0.2, 0.25) is 35.4 Å². The number of β-amino-alcohol motifs (C(OH)–C–C–N with tert-alkyl or cyclic N) is 1. The SMILES string of the molecule is C=CCOC(=O)NCC[C@@H](O)[C@@H]1NC(=O)[C@H]([C@H](O)Cc2ccc(O)c(OSOOO)c2)NC(=O)[C@@H]2C[C@@H](O)CN2C(=O)[C@H]([C@@H](C)O)NC(=O)[C@H](NC(=O)OC(C)(C)C)C[C@@H](O)CNC(=O)[C@@H]2[C@@H](O)[C@@H](C)CN2C1=O. The van der Waals surface area contributed by atoms with Crippen molar-refractivity contribution in [3.8, 4) is 11.5 Å². The normalized spacial score (nSPS) is 27.9. The van der Waals surface area contributed by atoms with Crippen molar-refractivity contribution in [3.63, 3.8) is 0 Å². The summed E-state index contributed by atoms with van der Waals surface area (Å²) in [5, 5.41) is 104. The lowest BCUT2D eigenvalue weighted by atomic mass is 9.98. The van der Waals surface area contributed by atoms with E-state index in [1.165, 1.54) is 39.8 Å². The zero-order valence-corrected chi connectivity index (χ0v) is 41.9. The highest BCUT2D eigenvalue weighted by Gasteiger charge is 2.50. The fourth-order valence-corrected chi connectivity index (χ4v) is 8.48. The van der Waals surface area contributed by atoms with Crippen LogP contribution in [0.1, 0.15) is 59.4 Å². The molecular weight excluding hydrogens is 1010 g/mol. The molecule has 1 aromatic rings. The maximum atomic E-state index is 14.7. The van der Waals surface area contributed by atoms with Gasteiger partial charge in [-0.15, -0.1) is 0 Å². The van der Waals surface area contributed by atoms with Crippen molar-refractivity contribution in [3.05, 3.63) is 36.4 Å². The summed E-state index contributed by atoms with van der Waals surface area (Å²) >= 11 is 0.0627. The van der Waals surface area contributed by atoms with Crippen LogP contribution >= 0.6 is 12.3 Å². The quantitative estimate of drug-likeness (QED) is 0.0262. The lowest BCUT2D eigenvalue weighted by Crippen LogP contribution is -2.64. The van der Waals surface area contributed by atoms with Crippen molar-refractivity contribution in [1.29, 1.82) is 0 Å². The predicted octanol–water partition coefficient (Wildman–Crippen LogP) is -3.90. The molecule has 74 heavy (non-hydrogen) atoms. The van der Waals surface area contributed by atoms with Crippen molar-refractivity contribution in [2.45, 2.75) is 139 Å². The highest BCUT2D eigenvalue weighted by molar-refractivity contribution is 7.90. The van der Waals surface area contributed by atoms with Crippen LogP contribution in [0.2, 0.25) is 0 Å². The molecule has 0 aliphatic carbocycles. The van der Waals surface area contributed by atoms with Crippen molar-refractivity contribution >= 4 is 60.0 Å². The maximum Gasteiger partial charge on any atom is 0.408 e. The molecule has 4 rings (SSSR count). The number of alkyl carbamates (subject to hydrolysis) is 2. The maximum absolute atomic E-state index is 14.7. The summed E-state index contributed by atoms with van der Waals surface area (Å²) in [5.41, 5.74) is -0.993. The van der Waals surface area contributed by atoms with Gasteiger partial charge < -0.3 is 91.1 Å². The Kier molecular flexibility index (Phi) is 22.4. The first-order valence-electron chi connectivity index (χ1n) is 23.3. The topological polar surface area (TPSA) is 423 Å². The number of carbonyl (C=O) groups is 8. The van der Waals surface area contributed by atoms with Crippen LogP contribution in [0.15, 0.2) is 30.9 Å². The molecule has 0 bridgehead atoms. The third-order valence-electron chi connectivity index (χ3n) is 11.8. The van der Waals surface area contributed by atoms with Crippen LogP contribution < -0.4 is 36.1 Å². The molecule has 0 unspecified atom stereocenters. The molecule has 0 saturated carbocycles. The monoisotopic (exact) mass is 1070 g/mol. The van der Waals surface area contributed by atoms with Crippen LogP contribution in [0, 0.1) is 5.92 Å². The van der Waals surface area contributed by atoms with Crippen molar-refractivity contribution in [1.82, 2.24) is 41.7 Å². The smallest absolute Gasteiger partial charge is 0.408 e. The van der Waals surface area contributed by atoms with E-state index >= 15 is 0 Å². The average molecular weight is 1080 g/mol. The molecule has 3 aliphatic heterocycles. The largest absolute Gasteiger partial charge is 0.504 e. The molecule has 29 nitrogen and oxygen atoms in total. The van der Waals surface area contributed by atoms with Gasteiger partial charge in [-0.25, -0.2) is 14.8 Å². The molecule has 3 heterocycles. The van der Waals surface area contributed by atoms with Gasteiger partial charge in [-0.2, -0.15) is 0 Å². The lowest BCUT2D eigenvalue weighted by Gasteiger charge is -2.34. The Morgan fingerprint density at radius 3 is 2.19 bits per heavy atom. The summed E-state index contributed by atoms with van der Waals surface area (Å²) in [7, 11) is 0. The van der Waals surface area contributed by atoms with Gasteiger partial charge in [0.1, 0.15) is 48.5 Å². The van der Waals surface area contributed by atoms with Crippen LogP contribution in [0.4, 0.5) is 9.59 Å². The zero-order chi connectivity index (χ0) is 55.2. The third-order valence-corrected chi connectivity index (χ3v) is 12.2. The summed E-state index contributed by atoms with van der Waals surface area (Å²) in [6.45, 7) is 8.38. The molecule has 8 amide bonds. The van der Waals surface area contributed by atoms with Gasteiger partial charge in [-0.1, -0.05) is 35.0 Å². The summed E-state index contributed by atoms with van der Waals surface area (Å²) in [6, 6.07) is -7.87. The number of ether oxygens (including phenoxy) is 2. The molecule has 3 aliphatic rings. The van der Waals surface area contributed by atoms with Crippen LogP contribution in [-0.4, -0.2) is 210 Å². The first kappa shape index (κ1) is 60.5. The number of aromatic hydroxyl groups is 1. The molecule has 0 radical (unpaired) electrons. The average Bonchev–Trinajstić information content (AvgIpc) is 3.87. The van der Waals surface area contributed by atoms with E-state index in [1.54, 1.807) is 0 Å². The van der Waals surface area contributed by atoms with E-state index in [0.29, 0.717) is 0 Å². The number of carbonyl (C=O) groups excluding carboxylic acids is 8. The molecule has 13 atom stereocenters. The number of hydrogen-bond donors (Lipinski definition) is 14. The van der Waals surface area contributed by atoms with Crippen LogP contribution in [0.5, 0.6) is 11.5 Å². The molecule has 0 aromatic heterocycles. The van der Waals surface area contributed by atoms with Crippen LogP contribution in [0.25, 0.3) is 0 Å². The van der Waals surface area contributed by atoms with Crippen LogP contribution in [-0.2, 0) is 54.0 Å². The van der Waals surface area contributed by atoms with E-state index in [4.69, 9.17) is 18.9 Å². The second kappa shape index (κ2) is 27.4. The van der Waals surface area contributed by atoms with Gasteiger partial charge in [-0.05, 0) is 51.8 Å². The lowest BCUT2D eigenvalue weighted by molar-refractivity contribution is -0.433. The van der Waals surface area contributed by atoms with Gasteiger partial charge in [-0.3, -0.25) is 28.8 Å². The molecule has 30 heteroatoms. The molecule has 414 valence electrons. The van der Waals surface area contributed by atoms with Crippen molar-refractivity contribution in [2.24, 2.45) is 5.92 Å². The predicted molar refractivity (Wildman–Crippen MR) is 252 cm³/mol. The highest BCUT2D eigenvalue weighted by Crippen LogP contribution is 2.31.